The van der Waals surface area contributed by atoms with Crippen LogP contribution in [0.15, 0.2) is 41.8 Å². The van der Waals surface area contributed by atoms with Gasteiger partial charge in [-0.3, -0.25) is 14.4 Å². The molecule has 6 heteroatoms. The summed E-state index contributed by atoms with van der Waals surface area (Å²) in [5.74, 6) is -0.883. The second-order valence-corrected chi connectivity index (χ2v) is 5.34. The van der Waals surface area contributed by atoms with E-state index in [-0.39, 0.29) is 24.5 Å². The SMILES string of the molecule is NC(=O)c1cccc(NC(=O)CCC(=O)c2cccs2)c1. The molecule has 0 unspecified atom stereocenters. The van der Waals surface area contributed by atoms with Gasteiger partial charge in [-0.25, -0.2) is 0 Å². The predicted octanol–water partition coefficient (Wildman–Crippen LogP) is 2.45. The normalized spacial score (nSPS) is 10.1. The molecule has 2 rings (SSSR count). The maximum Gasteiger partial charge on any atom is 0.248 e. The van der Waals surface area contributed by atoms with Crippen molar-refractivity contribution in [2.45, 2.75) is 12.8 Å². The van der Waals surface area contributed by atoms with Gasteiger partial charge in [0.1, 0.15) is 0 Å². The van der Waals surface area contributed by atoms with Crippen LogP contribution in [0.2, 0.25) is 0 Å². The van der Waals surface area contributed by atoms with Crippen molar-refractivity contribution in [1.29, 1.82) is 0 Å². The summed E-state index contributed by atoms with van der Waals surface area (Å²) in [7, 11) is 0. The van der Waals surface area contributed by atoms with E-state index in [1.54, 1.807) is 30.3 Å². The molecule has 3 N–H and O–H groups in total. The molecule has 21 heavy (non-hydrogen) atoms. The molecular weight excluding hydrogens is 288 g/mol. The number of amides is 2. The topological polar surface area (TPSA) is 89.3 Å². The number of carbonyl (C=O) groups is 3. The molecule has 0 saturated carbocycles. The number of primary amides is 1. The van der Waals surface area contributed by atoms with E-state index in [0.29, 0.717) is 16.1 Å². The lowest BCUT2D eigenvalue weighted by Crippen LogP contribution is -2.15. The highest BCUT2D eigenvalue weighted by Crippen LogP contribution is 2.14. The van der Waals surface area contributed by atoms with Crippen molar-refractivity contribution < 1.29 is 14.4 Å². The number of nitrogens with two attached hydrogens (primary N) is 1. The third-order valence-electron chi connectivity index (χ3n) is 2.81. The van der Waals surface area contributed by atoms with Crippen LogP contribution in [0.5, 0.6) is 0 Å². The van der Waals surface area contributed by atoms with Gasteiger partial charge in [-0.15, -0.1) is 11.3 Å². The number of Topliss-reactive ketones (excluding diaryl/α,β-unsaturated/α-hetero) is 1. The minimum absolute atomic E-state index is 0.0500. The molecule has 108 valence electrons. The molecular formula is C15H14N2O3S. The lowest BCUT2D eigenvalue weighted by Gasteiger charge is -2.05. The molecule has 2 amide bonds. The highest BCUT2D eigenvalue weighted by molar-refractivity contribution is 7.12. The number of hydrogen-bond acceptors (Lipinski definition) is 4. The zero-order chi connectivity index (χ0) is 15.2. The number of benzene rings is 1. The summed E-state index contributed by atoms with van der Waals surface area (Å²) in [4.78, 5) is 35.3. The van der Waals surface area contributed by atoms with Gasteiger partial charge >= 0.3 is 0 Å². The second-order valence-electron chi connectivity index (χ2n) is 4.39. The standard InChI is InChI=1S/C15H14N2O3S/c16-15(20)10-3-1-4-11(9-10)17-14(19)7-6-12(18)13-5-2-8-21-13/h1-5,8-9H,6-7H2,(H2,16,20)(H,17,19). The molecule has 0 aliphatic rings. The zero-order valence-electron chi connectivity index (χ0n) is 11.2. The maximum absolute atomic E-state index is 11.8. The van der Waals surface area contributed by atoms with Gasteiger partial charge in [0.15, 0.2) is 5.78 Å². The Kier molecular flexibility index (Phi) is 4.84. The van der Waals surface area contributed by atoms with Crippen LogP contribution < -0.4 is 11.1 Å². The molecule has 2 aromatic rings. The van der Waals surface area contributed by atoms with Crippen molar-refractivity contribution in [2.75, 3.05) is 5.32 Å². The number of hydrogen-bond donors (Lipinski definition) is 2. The lowest BCUT2D eigenvalue weighted by atomic mass is 10.1. The highest BCUT2D eigenvalue weighted by Gasteiger charge is 2.10. The molecule has 1 aromatic heterocycles. The Hall–Kier alpha value is -2.47. The largest absolute Gasteiger partial charge is 0.366 e. The van der Waals surface area contributed by atoms with Crippen LogP contribution in [0.25, 0.3) is 0 Å². The smallest absolute Gasteiger partial charge is 0.248 e. The van der Waals surface area contributed by atoms with Crippen LogP contribution in [-0.4, -0.2) is 17.6 Å². The molecule has 0 bridgehead atoms. The molecule has 0 saturated heterocycles. The third-order valence-corrected chi connectivity index (χ3v) is 3.72. The number of ketones is 1. The average molecular weight is 302 g/mol. The first kappa shape index (κ1) is 14.9. The number of thiophene rings is 1. The summed E-state index contributed by atoms with van der Waals surface area (Å²) >= 11 is 1.36. The first-order valence-corrected chi connectivity index (χ1v) is 7.20. The van der Waals surface area contributed by atoms with E-state index in [0.717, 1.165) is 0 Å². The highest BCUT2D eigenvalue weighted by atomic mass is 32.1. The van der Waals surface area contributed by atoms with Gasteiger partial charge in [0.25, 0.3) is 0 Å². The number of carbonyl (C=O) groups excluding carboxylic acids is 3. The van der Waals surface area contributed by atoms with E-state index in [1.165, 1.54) is 17.4 Å². The van der Waals surface area contributed by atoms with Crippen molar-refractivity contribution in [2.24, 2.45) is 5.73 Å². The van der Waals surface area contributed by atoms with Crippen LogP contribution in [0.1, 0.15) is 32.9 Å². The van der Waals surface area contributed by atoms with Crippen LogP contribution in [0.3, 0.4) is 0 Å². The van der Waals surface area contributed by atoms with E-state index in [4.69, 9.17) is 5.73 Å². The minimum atomic E-state index is -0.557. The van der Waals surface area contributed by atoms with Gasteiger partial charge in [-0.2, -0.15) is 0 Å². The number of anilines is 1. The van der Waals surface area contributed by atoms with Gasteiger partial charge in [-0.05, 0) is 29.6 Å². The number of rotatable bonds is 6. The van der Waals surface area contributed by atoms with Crippen LogP contribution >= 0.6 is 11.3 Å². The van der Waals surface area contributed by atoms with Gasteiger partial charge in [0.2, 0.25) is 11.8 Å². The van der Waals surface area contributed by atoms with Crippen LogP contribution in [0.4, 0.5) is 5.69 Å². The lowest BCUT2D eigenvalue weighted by molar-refractivity contribution is -0.116. The minimum Gasteiger partial charge on any atom is -0.366 e. The van der Waals surface area contributed by atoms with Crippen molar-refractivity contribution in [1.82, 2.24) is 0 Å². The summed E-state index contributed by atoms with van der Waals surface area (Å²) < 4.78 is 0. The van der Waals surface area contributed by atoms with E-state index in [2.05, 4.69) is 5.32 Å². The van der Waals surface area contributed by atoms with Crippen molar-refractivity contribution in [3.05, 3.63) is 52.2 Å². The van der Waals surface area contributed by atoms with Gasteiger partial charge in [-0.1, -0.05) is 12.1 Å². The quantitative estimate of drug-likeness (QED) is 0.803. The first-order chi connectivity index (χ1) is 10.1. The molecule has 5 nitrogen and oxygen atoms in total. The molecule has 1 aromatic carbocycles. The summed E-state index contributed by atoms with van der Waals surface area (Å²) in [5, 5.41) is 4.46. The summed E-state index contributed by atoms with van der Waals surface area (Å²) in [6.45, 7) is 0. The monoisotopic (exact) mass is 302 g/mol. The Morgan fingerprint density at radius 2 is 1.90 bits per heavy atom. The van der Waals surface area contributed by atoms with Gasteiger partial charge < -0.3 is 11.1 Å². The van der Waals surface area contributed by atoms with Crippen molar-refractivity contribution >= 4 is 34.6 Å². The van der Waals surface area contributed by atoms with Crippen LogP contribution in [-0.2, 0) is 4.79 Å². The Morgan fingerprint density at radius 1 is 1.10 bits per heavy atom. The average Bonchev–Trinajstić information content (AvgIpc) is 2.99. The molecule has 0 aliphatic carbocycles. The van der Waals surface area contributed by atoms with Crippen molar-refractivity contribution in [3.63, 3.8) is 0 Å². The Morgan fingerprint density at radius 3 is 2.57 bits per heavy atom. The van der Waals surface area contributed by atoms with E-state index < -0.39 is 5.91 Å². The number of nitrogens with one attached hydrogen (secondary N) is 1. The maximum atomic E-state index is 11.8. The fourth-order valence-electron chi connectivity index (χ4n) is 1.76. The Bertz CT molecular complexity index is 665. The third kappa shape index (κ3) is 4.25. The second kappa shape index (κ2) is 6.81. The summed E-state index contributed by atoms with van der Waals surface area (Å²) in [5.41, 5.74) is 5.98. The van der Waals surface area contributed by atoms with E-state index >= 15 is 0 Å². The molecule has 0 fully saturated rings. The first-order valence-electron chi connectivity index (χ1n) is 6.32. The summed E-state index contributed by atoms with van der Waals surface area (Å²) in [6.07, 6.45) is 0.249. The predicted molar refractivity (Wildman–Crippen MR) is 81.5 cm³/mol. The van der Waals surface area contributed by atoms with Crippen molar-refractivity contribution in [3.8, 4) is 0 Å². The van der Waals surface area contributed by atoms with Gasteiger partial charge in [0, 0.05) is 24.1 Å². The van der Waals surface area contributed by atoms with Gasteiger partial charge in [0.05, 0.1) is 4.88 Å². The fraction of sp³-hybridized carbons (Fsp3) is 0.133. The molecule has 0 radical (unpaired) electrons. The molecule has 0 aliphatic heterocycles. The van der Waals surface area contributed by atoms with E-state index in [1.807, 2.05) is 5.38 Å². The fourth-order valence-corrected chi connectivity index (χ4v) is 2.46. The molecule has 1 heterocycles. The Labute approximate surface area is 125 Å². The summed E-state index contributed by atoms with van der Waals surface area (Å²) in [6, 6.07) is 9.89. The molecule has 0 spiro atoms. The zero-order valence-corrected chi connectivity index (χ0v) is 12.0. The van der Waals surface area contributed by atoms with E-state index in [9.17, 15) is 14.4 Å². The van der Waals surface area contributed by atoms with Crippen LogP contribution in [0, 0.1) is 0 Å². The molecule has 0 atom stereocenters. The Balaban J connectivity index is 1.89.